The summed E-state index contributed by atoms with van der Waals surface area (Å²) in [6.45, 7) is 7.36. The van der Waals surface area contributed by atoms with Gasteiger partial charge in [-0.05, 0) is 0 Å². The Bertz CT molecular complexity index is 286. The summed E-state index contributed by atoms with van der Waals surface area (Å²) in [5.74, 6) is 0. The molecule has 0 fully saturated rings. The minimum atomic E-state index is -2.36. The standard InChI is InChI=1S/C20H46O3Si2/c1-7-8-9-10-11-12-13-14-15-16-18-24(5,6)19-17-20-25(21-2,22-3)23-4/h7-20H2,1-6H3. The van der Waals surface area contributed by atoms with E-state index in [2.05, 4.69) is 20.0 Å². The highest BCUT2D eigenvalue weighted by Crippen LogP contribution is 2.25. The molecular formula is C20H46O3Si2. The van der Waals surface area contributed by atoms with E-state index in [4.69, 9.17) is 13.3 Å². The van der Waals surface area contributed by atoms with Crippen molar-refractivity contribution in [1.29, 1.82) is 0 Å². The third kappa shape index (κ3) is 13.2. The highest BCUT2D eigenvalue weighted by molar-refractivity contribution is 6.77. The average molecular weight is 391 g/mol. The van der Waals surface area contributed by atoms with Gasteiger partial charge in [-0.2, -0.15) is 0 Å². The van der Waals surface area contributed by atoms with Crippen LogP contribution in [0.2, 0.25) is 31.2 Å². The zero-order valence-corrected chi connectivity index (χ0v) is 20.1. The lowest BCUT2D eigenvalue weighted by molar-refractivity contribution is 0.123. The SMILES string of the molecule is CCCCCCCCCCCC[Si](C)(C)CCC[Si](OC)(OC)OC. The molecule has 0 bridgehead atoms. The second-order valence-electron chi connectivity index (χ2n) is 8.25. The Morgan fingerprint density at radius 2 is 0.920 bits per heavy atom. The molecule has 0 aliphatic carbocycles. The first-order valence-electron chi connectivity index (χ1n) is 10.6. The summed E-state index contributed by atoms with van der Waals surface area (Å²) in [6.07, 6.45) is 15.5. The predicted molar refractivity (Wildman–Crippen MR) is 115 cm³/mol. The summed E-state index contributed by atoms with van der Waals surface area (Å²) in [5, 5.41) is 0. The van der Waals surface area contributed by atoms with E-state index in [9.17, 15) is 0 Å². The fourth-order valence-corrected chi connectivity index (χ4v) is 8.22. The van der Waals surface area contributed by atoms with Crippen molar-refractivity contribution < 1.29 is 13.3 Å². The van der Waals surface area contributed by atoms with Gasteiger partial charge >= 0.3 is 8.80 Å². The van der Waals surface area contributed by atoms with Gasteiger partial charge < -0.3 is 13.3 Å². The Balaban J connectivity index is 3.67. The van der Waals surface area contributed by atoms with Crippen molar-refractivity contribution in [3.05, 3.63) is 0 Å². The minimum absolute atomic E-state index is 0.949. The molecule has 0 aromatic heterocycles. The van der Waals surface area contributed by atoms with Crippen LogP contribution < -0.4 is 0 Å². The second-order valence-corrected chi connectivity index (χ2v) is 16.7. The van der Waals surface area contributed by atoms with Crippen LogP contribution in [0.5, 0.6) is 0 Å². The molecule has 0 aromatic carbocycles. The van der Waals surface area contributed by atoms with Crippen molar-refractivity contribution in [3.63, 3.8) is 0 Å². The van der Waals surface area contributed by atoms with Gasteiger partial charge in [0, 0.05) is 35.4 Å². The maximum absolute atomic E-state index is 5.53. The van der Waals surface area contributed by atoms with E-state index in [1.165, 1.54) is 82.7 Å². The van der Waals surface area contributed by atoms with Crippen molar-refractivity contribution >= 4 is 16.9 Å². The molecule has 0 aliphatic heterocycles. The van der Waals surface area contributed by atoms with Crippen LogP contribution in [-0.4, -0.2) is 38.2 Å². The quantitative estimate of drug-likeness (QED) is 0.188. The number of hydrogen-bond donors (Lipinski definition) is 0. The van der Waals surface area contributed by atoms with E-state index in [-0.39, 0.29) is 0 Å². The zero-order chi connectivity index (χ0) is 19.0. The minimum Gasteiger partial charge on any atom is -0.377 e. The van der Waals surface area contributed by atoms with Gasteiger partial charge in [0.1, 0.15) is 0 Å². The summed E-state index contributed by atoms with van der Waals surface area (Å²) in [5.41, 5.74) is 0. The lowest BCUT2D eigenvalue weighted by Gasteiger charge is -2.27. The maximum Gasteiger partial charge on any atom is 0.500 e. The molecule has 0 rings (SSSR count). The maximum atomic E-state index is 5.53. The normalized spacial score (nSPS) is 12.7. The lowest BCUT2D eigenvalue weighted by atomic mass is 10.1. The Morgan fingerprint density at radius 1 is 0.520 bits per heavy atom. The number of hydrogen-bond acceptors (Lipinski definition) is 3. The molecule has 0 spiro atoms. The molecule has 5 heteroatoms. The Kier molecular flexibility index (Phi) is 15.6. The second kappa shape index (κ2) is 15.4. The molecule has 0 amide bonds. The molecule has 0 saturated carbocycles. The van der Waals surface area contributed by atoms with Crippen molar-refractivity contribution in [2.45, 2.75) is 109 Å². The van der Waals surface area contributed by atoms with Gasteiger partial charge in [0.15, 0.2) is 0 Å². The van der Waals surface area contributed by atoms with Gasteiger partial charge in [0.25, 0.3) is 0 Å². The van der Waals surface area contributed by atoms with Crippen LogP contribution >= 0.6 is 0 Å². The monoisotopic (exact) mass is 390 g/mol. The largest absolute Gasteiger partial charge is 0.500 e. The zero-order valence-electron chi connectivity index (χ0n) is 18.1. The fourth-order valence-electron chi connectivity index (χ4n) is 3.56. The van der Waals surface area contributed by atoms with Crippen molar-refractivity contribution in [3.8, 4) is 0 Å². The number of unbranched alkanes of at least 4 members (excludes halogenated alkanes) is 9. The van der Waals surface area contributed by atoms with Gasteiger partial charge in [-0.1, -0.05) is 103 Å². The first-order valence-corrected chi connectivity index (χ1v) is 16.0. The molecule has 25 heavy (non-hydrogen) atoms. The van der Waals surface area contributed by atoms with Crippen molar-refractivity contribution in [2.24, 2.45) is 0 Å². The van der Waals surface area contributed by atoms with Crippen LogP contribution in [0.4, 0.5) is 0 Å². The van der Waals surface area contributed by atoms with Crippen LogP contribution in [0, 0.1) is 0 Å². The summed E-state index contributed by atoms with van der Waals surface area (Å²) in [4.78, 5) is 0. The molecule has 0 aliphatic rings. The van der Waals surface area contributed by atoms with E-state index < -0.39 is 16.9 Å². The van der Waals surface area contributed by atoms with Gasteiger partial charge in [0.05, 0.1) is 0 Å². The topological polar surface area (TPSA) is 27.7 Å². The van der Waals surface area contributed by atoms with E-state index in [1.807, 2.05) is 0 Å². The van der Waals surface area contributed by atoms with E-state index in [0.717, 1.165) is 6.04 Å². The Morgan fingerprint density at radius 3 is 1.36 bits per heavy atom. The van der Waals surface area contributed by atoms with Crippen LogP contribution in [0.25, 0.3) is 0 Å². The van der Waals surface area contributed by atoms with Crippen molar-refractivity contribution in [1.82, 2.24) is 0 Å². The summed E-state index contributed by atoms with van der Waals surface area (Å²) >= 11 is 0. The smallest absolute Gasteiger partial charge is 0.377 e. The lowest BCUT2D eigenvalue weighted by Crippen LogP contribution is -2.43. The van der Waals surface area contributed by atoms with Gasteiger partial charge in [-0.3, -0.25) is 0 Å². The molecule has 0 atom stereocenters. The van der Waals surface area contributed by atoms with Crippen LogP contribution in [0.3, 0.4) is 0 Å². The van der Waals surface area contributed by atoms with Crippen LogP contribution in [-0.2, 0) is 13.3 Å². The van der Waals surface area contributed by atoms with E-state index in [0.29, 0.717) is 0 Å². The highest BCUT2D eigenvalue weighted by atomic mass is 28.4. The van der Waals surface area contributed by atoms with E-state index in [1.54, 1.807) is 21.3 Å². The van der Waals surface area contributed by atoms with Gasteiger partial charge in [-0.15, -0.1) is 0 Å². The van der Waals surface area contributed by atoms with Crippen LogP contribution in [0.15, 0.2) is 0 Å². The Hall–Kier alpha value is 0.314. The fraction of sp³-hybridized carbons (Fsp3) is 1.00. The first kappa shape index (κ1) is 25.3. The molecule has 0 unspecified atom stereocenters. The molecule has 0 radical (unpaired) electrons. The molecule has 152 valence electrons. The molecular weight excluding hydrogens is 344 g/mol. The Labute approximate surface area is 160 Å². The van der Waals surface area contributed by atoms with Crippen molar-refractivity contribution in [2.75, 3.05) is 21.3 Å². The summed E-state index contributed by atoms with van der Waals surface area (Å²) in [6, 6.07) is 3.77. The predicted octanol–water partition coefficient (Wildman–Crippen LogP) is 6.88. The van der Waals surface area contributed by atoms with Gasteiger partial charge in [0.2, 0.25) is 0 Å². The van der Waals surface area contributed by atoms with E-state index >= 15 is 0 Å². The van der Waals surface area contributed by atoms with Crippen LogP contribution in [0.1, 0.15) is 77.6 Å². The third-order valence-electron chi connectivity index (χ3n) is 5.48. The molecule has 0 heterocycles. The molecule has 0 saturated heterocycles. The van der Waals surface area contributed by atoms with Gasteiger partial charge in [-0.25, -0.2) is 0 Å². The first-order chi connectivity index (χ1) is 11.9. The third-order valence-corrected chi connectivity index (χ3v) is 11.7. The highest BCUT2D eigenvalue weighted by Gasteiger charge is 2.37. The average Bonchev–Trinajstić information content (AvgIpc) is 2.60. The summed E-state index contributed by atoms with van der Waals surface area (Å²) < 4.78 is 16.6. The molecule has 3 nitrogen and oxygen atoms in total. The molecule has 0 N–H and O–H groups in total. The molecule has 0 aromatic rings. The number of rotatable bonds is 18. The summed E-state index contributed by atoms with van der Waals surface area (Å²) in [7, 11) is 1.71.